The zero-order valence-electron chi connectivity index (χ0n) is 11.4. The van der Waals surface area contributed by atoms with Crippen molar-refractivity contribution in [1.82, 2.24) is 9.97 Å². The Morgan fingerprint density at radius 2 is 2.15 bits per heavy atom. The third-order valence-corrected chi connectivity index (χ3v) is 4.02. The molecule has 0 atom stereocenters. The van der Waals surface area contributed by atoms with Gasteiger partial charge in [0.2, 0.25) is 0 Å². The maximum atomic E-state index is 5.76. The Balaban J connectivity index is 1.65. The third kappa shape index (κ3) is 2.82. The van der Waals surface area contributed by atoms with Crippen LogP contribution in [0.1, 0.15) is 30.5 Å². The first kappa shape index (κ1) is 13.1. The Hall–Kier alpha value is -1.88. The molecule has 104 valence electrons. The minimum Gasteiger partial charge on any atom is -0.441 e. The normalized spacial score (nSPS) is 11.2. The van der Waals surface area contributed by atoms with Crippen LogP contribution < -0.4 is 5.73 Å². The summed E-state index contributed by atoms with van der Waals surface area (Å²) in [6.45, 7) is 2.14. The van der Waals surface area contributed by atoms with E-state index in [-0.39, 0.29) is 0 Å². The number of oxazole rings is 1. The van der Waals surface area contributed by atoms with Crippen LogP contribution in [0.2, 0.25) is 0 Å². The first-order valence-electron chi connectivity index (χ1n) is 6.83. The molecule has 2 heterocycles. The highest BCUT2D eigenvalue weighted by molar-refractivity contribution is 7.13. The summed E-state index contributed by atoms with van der Waals surface area (Å²) < 4.78 is 5.76. The zero-order valence-corrected chi connectivity index (χ0v) is 12.2. The van der Waals surface area contributed by atoms with Crippen molar-refractivity contribution in [3.05, 3.63) is 40.7 Å². The van der Waals surface area contributed by atoms with Crippen LogP contribution in [0, 0.1) is 0 Å². The Morgan fingerprint density at radius 3 is 2.90 bits per heavy atom. The number of nitrogen functional groups attached to an aromatic ring is 1. The quantitative estimate of drug-likeness (QED) is 0.778. The van der Waals surface area contributed by atoms with Gasteiger partial charge in [-0.05, 0) is 37.0 Å². The van der Waals surface area contributed by atoms with E-state index in [0.29, 0.717) is 5.13 Å². The number of nitrogens with two attached hydrogens (primary N) is 1. The highest BCUT2D eigenvalue weighted by Crippen LogP contribution is 2.19. The second kappa shape index (κ2) is 5.63. The summed E-state index contributed by atoms with van der Waals surface area (Å²) in [5, 5.41) is 2.64. The number of rotatable bonds is 5. The molecule has 2 N–H and O–H groups in total. The molecule has 0 aliphatic rings. The Kier molecular flexibility index (Phi) is 3.69. The van der Waals surface area contributed by atoms with Crippen LogP contribution in [0.15, 0.2) is 28.0 Å². The van der Waals surface area contributed by atoms with Crippen LogP contribution in [-0.4, -0.2) is 9.97 Å². The lowest BCUT2D eigenvalue weighted by Crippen LogP contribution is -1.91. The van der Waals surface area contributed by atoms with E-state index in [0.717, 1.165) is 48.4 Å². The molecule has 0 bridgehead atoms. The molecule has 3 rings (SSSR count). The van der Waals surface area contributed by atoms with Crippen LogP contribution in [0.3, 0.4) is 0 Å². The maximum absolute atomic E-state index is 5.76. The highest BCUT2D eigenvalue weighted by atomic mass is 32.1. The number of thiazole rings is 1. The monoisotopic (exact) mass is 287 g/mol. The Bertz CT molecular complexity index is 717. The molecule has 2 aromatic heterocycles. The minimum atomic E-state index is 0.633. The van der Waals surface area contributed by atoms with Crippen LogP contribution in [0.25, 0.3) is 11.1 Å². The van der Waals surface area contributed by atoms with Crippen molar-refractivity contribution in [2.24, 2.45) is 0 Å². The van der Waals surface area contributed by atoms with E-state index in [2.05, 4.69) is 29.0 Å². The van der Waals surface area contributed by atoms with Gasteiger partial charge in [-0.15, -0.1) is 11.3 Å². The van der Waals surface area contributed by atoms with Gasteiger partial charge in [-0.1, -0.05) is 13.0 Å². The number of aromatic nitrogens is 2. The van der Waals surface area contributed by atoms with Crippen LogP contribution in [0.5, 0.6) is 0 Å². The topological polar surface area (TPSA) is 64.9 Å². The van der Waals surface area contributed by atoms with E-state index in [1.165, 1.54) is 16.9 Å². The molecule has 0 amide bonds. The number of hydrogen-bond donors (Lipinski definition) is 1. The van der Waals surface area contributed by atoms with Crippen LogP contribution >= 0.6 is 11.3 Å². The second-order valence-corrected chi connectivity index (χ2v) is 5.68. The highest BCUT2D eigenvalue weighted by Gasteiger charge is 2.07. The summed E-state index contributed by atoms with van der Waals surface area (Å²) in [6, 6.07) is 6.20. The van der Waals surface area contributed by atoms with E-state index in [1.807, 2.05) is 11.4 Å². The second-order valence-electron chi connectivity index (χ2n) is 4.79. The predicted molar refractivity (Wildman–Crippen MR) is 81.9 cm³/mol. The average molecular weight is 287 g/mol. The Morgan fingerprint density at radius 1 is 1.25 bits per heavy atom. The van der Waals surface area contributed by atoms with Crippen LogP contribution in [0.4, 0.5) is 5.13 Å². The lowest BCUT2D eigenvalue weighted by atomic mass is 10.1. The van der Waals surface area contributed by atoms with Gasteiger partial charge in [-0.3, -0.25) is 0 Å². The fourth-order valence-electron chi connectivity index (χ4n) is 2.21. The number of hydrogen-bond acceptors (Lipinski definition) is 5. The summed E-state index contributed by atoms with van der Waals surface area (Å²) in [7, 11) is 0. The van der Waals surface area contributed by atoms with E-state index in [9.17, 15) is 0 Å². The molecule has 0 spiro atoms. The molecule has 0 saturated heterocycles. The van der Waals surface area contributed by atoms with Crippen molar-refractivity contribution in [1.29, 1.82) is 0 Å². The molecule has 0 saturated carbocycles. The molecule has 0 unspecified atom stereocenters. The van der Waals surface area contributed by atoms with Crippen molar-refractivity contribution in [2.75, 3.05) is 5.73 Å². The van der Waals surface area contributed by atoms with Crippen molar-refractivity contribution in [2.45, 2.75) is 32.6 Å². The number of aryl methyl sites for hydroxylation is 3. The van der Waals surface area contributed by atoms with Gasteiger partial charge in [0, 0.05) is 11.8 Å². The lowest BCUT2D eigenvalue weighted by molar-refractivity contribution is 0.519. The number of anilines is 1. The van der Waals surface area contributed by atoms with Gasteiger partial charge in [-0.25, -0.2) is 9.97 Å². The Labute approximate surface area is 121 Å². The molecule has 5 heteroatoms. The van der Waals surface area contributed by atoms with E-state index in [1.54, 1.807) is 0 Å². The van der Waals surface area contributed by atoms with E-state index >= 15 is 0 Å². The fourth-order valence-corrected chi connectivity index (χ4v) is 2.80. The summed E-state index contributed by atoms with van der Waals surface area (Å²) in [4.78, 5) is 8.80. The van der Waals surface area contributed by atoms with Gasteiger partial charge in [0.15, 0.2) is 16.6 Å². The standard InChI is InChI=1S/C15H17N3OS/c1-2-10-6-7-13-12(8-10)18-14(19-13)5-3-4-11-9-20-15(16)17-11/h6-9H,2-5H2,1H3,(H2,16,17). The van der Waals surface area contributed by atoms with Crippen molar-refractivity contribution >= 4 is 27.6 Å². The van der Waals surface area contributed by atoms with E-state index < -0.39 is 0 Å². The third-order valence-electron chi connectivity index (χ3n) is 3.30. The SMILES string of the molecule is CCc1ccc2oc(CCCc3csc(N)n3)nc2c1. The van der Waals surface area contributed by atoms with Crippen LogP contribution in [-0.2, 0) is 19.3 Å². The average Bonchev–Trinajstić information content (AvgIpc) is 3.03. The molecule has 4 nitrogen and oxygen atoms in total. The van der Waals surface area contributed by atoms with Crippen molar-refractivity contribution in [3.63, 3.8) is 0 Å². The summed E-state index contributed by atoms with van der Waals surface area (Å²) in [5.74, 6) is 0.802. The lowest BCUT2D eigenvalue weighted by Gasteiger charge is -1.94. The van der Waals surface area contributed by atoms with Gasteiger partial charge in [0.05, 0.1) is 5.69 Å². The van der Waals surface area contributed by atoms with Gasteiger partial charge >= 0.3 is 0 Å². The predicted octanol–water partition coefficient (Wildman–Crippen LogP) is 3.60. The van der Waals surface area contributed by atoms with Gasteiger partial charge in [-0.2, -0.15) is 0 Å². The molecular weight excluding hydrogens is 270 g/mol. The fraction of sp³-hybridized carbons (Fsp3) is 0.333. The maximum Gasteiger partial charge on any atom is 0.195 e. The molecule has 1 aromatic carbocycles. The summed E-state index contributed by atoms with van der Waals surface area (Å²) in [5.41, 5.74) is 9.78. The van der Waals surface area contributed by atoms with Gasteiger partial charge < -0.3 is 10.2 Å². The minimum absolute atomic E-state index is 0.633. The smallest absolute Gasteiger partial charge is 0.195 e. The molecule has 0 fully saturated rings. The summed E-state index contributed by atoms with van der Waals surface area (Å²) >= 11 is 1.49. The zero-order chi connectivity index (χ0) is 13.9. The van der Waals surface area contributed by atoms with Gasteiger partial charge in [0.1, 0.15) is 5.52 Å². The van der Waals surface area contributed by atoms with Crippen molar-refractivity contribution < 1.29 is 4.42 Å². The summed E-state index contributed by atoms with van der Waals surface area (Å²) in [6.07, 6.45) is 3.72. The number of fused-ring (bicyclic) bond motifs is 1. The molecular formula is C15H17N3OS. The molecule has 3 aromatic rings. The molecule has 0 aliphatic carbocycles. The van der Waals surface area contributed by atoms with Crippen molar-refractivity contribution in [3.8, 4) is 0 Å². The van der Waals surface area contributed by atoms with E-state index in [4.69, 9.17) is 10.2 Å². The number of benzene rings is 1. The molecule has 0 radical (unpaired) electrons. The molecule has 20 heavy (non-hydrogen) atoms. The number of nitrogens with zero attached hydrogens (tertiary/aromatic N) is 2. The first-order chi connectivity index (χ1) is 9.74. The first-order valence-corrected chi connectivity index (χ1v) is 7.71. The van der Waals surface area contributed by atoms with Gasteiger partial charge in [0.25, 0.3) is 0 Å². The molecule has 0 aliphatic heterocycles. The largest absolute Gasteiger partial charge is 0.441 e.